The third-order valence-corrected chi connectivity index (χ3v) is 2.60. The third kappa shape index (κ3) is 1.22. The van der Waals surface area contributed by atoms with E-state index in [2.05, 4.69) is 20.9 Å². The first-order valence-corrected chi connectivity index (χ1v) is 4.76. The normalized spacial score (nSPS) is 10.0. The second-order valence-electron chi connectivity index (χ2n) is 2.84. The average Bonchev–Trinajstić information content (AvgIpc) is 2.18. The van der Waals surface area contributed by atoms with Crippen LogP contribution in [0.25, 0.3) is 10.8 Å². The Balaban J connectivity index is 3.00. The molecule has 0 spiro atoms. The fourth-order valence-corrected chi connectivity index (χ4v) is 1.92. The minimum absolute atomic E-state index is 0.399. The van der Waals surface area contributed by atoms with Crippen molar-refractivity contribution >= 4 is 32.4 Å². The van der Waals surface area contributed by atoms with Gasteiger partial charge in [0.15, 0.2) is 0 Å². The highest BCUT2D eigenvalue weighted by Crippen LogP contribution is 2.29. The zero-order valence-corrected chi connectivity index (χ0v) is 8.75. The molecular weight excluding hydrogens is 242 g/mol. The highest BCUT2D eigenvalue weighted by Gasteiger charge is 2.07. The number of rotatable bonds is 0. The number of nitrogens with two attached hydrogens (primary N) is 1. The fraction of sp³-hybridized carbons (Fsp3) is 0. The van der Waals surface area contributed by atoms with Gasteiger partial charge in [0.25, 0.3) is 0 Å². The van der Waals surface area contributed by atoms with Crippen molar-refractivity contribution in [1.82, 2.24) is 4.98 Å². The molecule has 0 bridgehead atoms. The minimum Gasteiger partial charge on any atom is -0.398 e. The zero-order valence-electron chi connectivity index (χ0n) is 7.16. The molecule has 0 amide bonds. The highest BCUT2D eigenvalue weighted by molar-refractivity contribution is 9.10. The molecule has 1 aromatic carbocycles. The van der Waals surface area contributed by atoms with Gasteiger partial charge in [-0.3, -0.25) is 0 Å². The number of pyridine rings is 1. The van der Waals surface area contributed by atoms with Gasteiger partial charge in [-0.1, -0.05) is 12.1 Å². The predicted molar refractivity (Wildman–Crippen MR) is 58.6 cm³/mol. The largest absolute Gasteiger partial charge is 0.398 e. The first-order chi connectivity index (χ1) is 6.74. The van der Waals surface area contributed by atoms with Crippen LogP contribution >= 0.6 is 15.9 Å². The Bertz CT molecular complexity index is 535. The van der Waals surface area contributed by atoms with Crippen LogP contribution in [0, 0.1) is 11.3 Å². The number of nitrogens with zero attached hydrogens (tertiary/aromatic N) is 2. The van der Waals surface area contributed by atoms with Crippen LogP contribution in [0.15, 0.2) is 28.9 Å². The molecule has 1 aromatic heterocycles. The van der Waals surface area contributed by atoms with Crippen LogP contribution in [0.5, 0.6) is 0 Å². The summed E-state index contributed by atoms with van der Waals surface area (Å²) in [5, 5.41) is 10.5. The van der Waals surface area contributed by atoms with Crippen molar-refractivity contribution in [3.8, 4) is 6.07 Å². The monoisotopic (exact) mass is 247 g/mol. The number of benzene rings is 1. The molecule has 0 radical (unpaired) electrons. The zero-order chi connectivity index (χ0) is 10.1. The van der Waals surface area contributed by atoms with E-state index in [9.17, 15) is 0 Å². The lowest BCUT2D eigenvalue weighted by Gasteiger charge is -2.04. The summed E-state index contributed by atoms with van der Waals surface area (Å²) in [4.78, 5) is 4.00. The summed E-state index contributed by atoms with van der Waals surface area (Å²) < 4.78 is 0.810. The Hall–Kier alpha value is -1.60. The molecule has 0 unspecified atom stereocenters. The Morgan fingerprint density at radius 1 is 1.43 bits per heavy atom. The summed E-state index contributed by atoms with van der Waals surface area (Å²) in [6.45, 7) is 0. The quantitative estimate of drug-likeness (QED) is 0.728. The number of hydrogen-bond acceptors (Lipinski definition) is 3. The molecule has 2 aromatic rings. The lowest BCUT2D eigenvalue weighted by molar-refractivity contribution is 1.28. The average molecular weight is 248 g/mol. The van der Waals surface area contributed by atoms with E-state index in [-0.39, 0.29) is 0 Å². The second kappa shape index (κ2) is 3.28. The molecule has 0 saturated carbocycles. The van der Waals surface area contributed by atoms with Crippen molar-refractivity contribution in [2.75, 3.05) is 5.73 Å². The van der Waals surface area contributed by atoms with Crippen LogP contribution in [0.1, 0.15) is 5.69 Å². The van der Waals surface area contributed by atoms with Gasteiger partial charge in [0, 0.05) is 27.1 Å². The van der Waals surface area contributed by atoms with E-state index in [1.165, 1.54) is 0 Å². The van der Waals surface area contributed by atoms with Gasteiger partial charge in [0.1, 0.15) is 11.8 Å². The van der Waals surface area contributed by atoms with Crippen LogP contribution in [0.4, 0.5) is 5.69 Å². The number of fused-ring (bicyclic) bond motifs is 1. The molecule has 0 aliphatic heterocycles. The summed E-state index contributed by atoms with van der Waals surface area (Å²) in [6, 6.07) is 7.48. The van der Waals surface area contributed by atoms with Crippen molar-refractivity contribution in [1.29, 1.82) is 5.26 Å². The molecule has 0 fully saturated rings. The van der Waals surface area contributed by atoms with Crippen LogP contribution in [0.2, 0.25) is 0 Å². The number of aromatic nitrogens is 1. The van der Waals surface area contributed by atoms with E-state index >= 15 is 0 Å². The maximum atomic E-state index is 8.85. The Morgan fingerprint density at radius 2 is 2.21 bits per heavy atom. The van der Waals surface area contributed by atoms with Crippen LogP contribution in [-0.2, 0) is 0 Å². The third-order valence-electron chi connectivity index (χ3n) is 2.00. The van der Waals surface area contributed by atoms with E-state index in [1.807, 2.05) is 18.2 Å². The van der Waals surface area contributed by atoms with E-state index in [0.29, 0.717) is 11.4 Å². The van der Waals surface area contributed by atoms with Gasteiger partial charge in [-0.2, -0.15) is 5.26 Å². The van der Waals surface area contributed by atoms with Crippen LogP contribution in [-0.4, -0.2) is 4.98 Å². The SMILES string of the molecule is N#Cc1ncc(Br)c2c(N)cccc12. The number of nitriles is 1. The highest BCUT2D eigenvalue weighted by atomic mass is 79.9. The van der Waals surface area contributed by atoms with Gasteiger partial charge < -0.3 is 5.73 Å². The standard InChI is InChI=1S/C10H6BrN3/c11-7-5-14-9(4-12)6-2-1-3-8(13)10(6)7/h1-3,5H,13H2. The molecule has 1 heterocycles. The van der Waals surface area contributed by atoms with Gasteiger partial charge >= 0.3 is 0 Å². The van der Waals surface area contributed by atoms with Gasteiger partial charge in [-0.05, 0) is 22.0 Å². The molecule has 68 valence electrons. The predicted octanol–water partition coefficient (Wildman–Crippen LogP) is 2.45. The lowest BCUT2D eigenvalue weighted by Crippen LogP contribution is -1.91. The lowest BCUT2D eigenvalue weighted by atomic mass is 10.1. The van der Waals surface area contributed by atoms with Crippen LogP contribution in [0.3, 0.4) is 0 Å². The molecule has 0 aliphatic carbocycles. The first-order valence-electron chi connectivity index (χ1n) is 3.97. The van der Waals surface area contributed by atoms with Gasteiger partial charge in [-0.15, -0.1) is 0 Å². The summed E-state index contributed by atoms with van der Waals surface area (Å²) in [7, 11) is 0. The topological polar surface area (TPSA) is 62.7 Å². The number of hydrogen-bond donors (Lipinski definition) is 1. The first kappa shape index (κ1) is 8.97. The van der Waals surface area contributed by atoms with Crippen LogP contribution < -0.4 is 5.73 Å². The molecule has 14 heavy (non-hydrogen) atoms. The van der Waals surface area contributed by atoms with Crippen molar-refractivity contribution < 1.29 is 0 Å². The maximum absolute atomic E-state index is 8.85. The van der Waals surface area contributed by atoms with Crippen molar-refractivity contribution in [2.45, 2.75) is 0 Å². The summed E-state index contributed by atoms with van der Waals surface area (Å²) in [5.74, 6) is 0. The van der Waals surface area contributed by atoms with Crippen molar-refractivity contribution in [3.05, 3.63) is 34.6 Å². The minimum atomic E-state index is 0.399. The second-order valence-corrected chi connectivity index (χ2v) is 3.69. The summed E-state index contributed by atoms with van der Waals surface area (Å²) in [6.07, 6.45) is 1.59. The number of halogens is 1. The fourth-order valence-electron chi connectivity index (χ4n) is 1.38. The van der Waals surface area contributed by atoms with E-state index in [1.54, 1.807) is 12.3 Å². The Labute approximate surface area is 89.3 Å². The van der Waals surface area contributed by atoms with Crippen molar-refractivity contribution in [2.24, 2.45) is 0 Å². The smallest absolute Gasteiger partial charge is 0.148 e. The van der Waals surface area contributed by atoms with E-state index < -0.39 is 0 Å². The number of nitrogen functional groups attached to an aromatic ring is 1. The van der Waals surface area contributed by atoms with Gasteiger partial charge in [0.2, 0.25) is 0 Å². The molecule has 0 aliphatic rings. The molecule has 0 saturated heterocycles. The molecule has 0 atom stereocenters. The Kier molecular flexibility index (Phi) is 2.10. The van der Waals surface area contributed by atoms with E-state index in [4.69, 9.17) is 11.0 Å². The maximum Gasteiger partial charge on any atom is 0.148 e. The molecule has 2 rings (SSSR count). The molecule has 4 heteroatoms. The number of anilines is 1. The Morgan fingerprint density at radius 3 is 2.93 bits per heavy atom. The molecular formula is C10H6BrN3. The van der Waals surface area contributed by atoms with Gasteiger partial charge in [-0.25, -0.2) is 4.98 Å². The molecule has 3 nitrogen and oxygen atoms in total. The summed E-state index contributed by atoms with van der Waals surface area (Å²) >= 11 is 3.36. The summed E-state index contributed by atoms with van der Waals surface area (Å²) in [5.41, 5.74) is 6.86. The van der Waals surface area contributed by atoms with E-state index in [0.717, 1.165) is 15.2 Å². The van der Waals surface area contributed by atoms with Crippen molar-refractivity contribution in [3.63, 3.8) is 0 Å². The van der Waals surface area contributed by atoms with Gasteiger partial charge in [0.05, 0.1) is 0 Å². The molecule has 2 N–H and O–H groups in total.